The minimum atomic E-state index is 0.0694. The van der Waals surface area contributed by atoms with Gasteiger partial charge in [0, 0.05) is 30.8 Å². The molecule has 4 nitrogen and oxygen atoms in total. The van der Waals surface area contributed by atoms with E-state index in [1.54, 1.807) is 29.3 Å². The van der Waals surface area contributed by atoms with Gasteiger partial charge in [-0.25, -0.2) is 4.98 Å². The predicted octanol–water partition coefficient (Wildman–Crippen LogP) is 1.49. The van der Waals surface area contributed by atoms with E-state index in [4.69, 9.17) is 5.26 Å². The summed E-state index contributed by atoms with van der Waals surface area (Å²) in [5, 5.41) is 8.74. The summed E-state index contributed by atoms with van der Waals surface area (Å²) in [5.41, 5.74) is 1.06. The van der Waals surface area contributed by atoms with E-state index in [0.717, 1.165) is 5.69 Å². The van der Waals surface area contributed by atoms with Crippen LogP contribution in [0.4, 0.5) is 5.69 Å². The van der Waals surface area contributed by atoms with E-state index in [2.05, 4.69) is 11.6 Å². The van der Waals surface area contributed by atoms with E-state index in [1.165, 1.54) is 0 Å². The zero-order valence-electron chi connectivity index (χ0n) is 8.76. The molecule has 1 fully saturated rings. The Morgan fingerprint density at radius 2 is 2.50 bits per heavy atom. The third-order valence-electron chi connectivity index (χ3n) is 2.66. The van der Waals surface area contributed by atoms with E-state index in [9.17, 15) is 4.79 Å². The summed E-state index contributed by atoms with van der Waals surface area (Å²) in [6.45, 7) is 4.33. The van der Waals surface area contributed by atoms with Crippen molar-refractivity contribution >= 4 is 11.6 Å². The molecule has 0 spiro atoms. The summed E-state index contributed by atoms with van der Waals surface area (Å²) in [7, 11) is 0. The Morgan fingerprint density at radius 1 is 1.69 bits per heavy atom. The van der Waals surface area contributed by atoms with Crippen molar-refractivity contribution in [3.8, 4) is 6.07 Å². The van der Waals surface area contributed by atoms with Crippen molar-refractivity contribution in [1.29, 1.82) is 5.26 Å². The average molecular weight is 213 g/mol. The number of hydrogen-bond donors (Lipinski definition) is 0. The van der Waals surface area contributed by atoms with Crippen molar-refractivity contribution in [2.45, 2.75) is 6.42 Å². The summed E-state index contributed by atoms with van der Waals surface area (Å²) in [4.78, 5) is 17.3. The molecule has 2 rings (SSSR count). The average Bonchev–Trinajstić information content (AvgIpc) is 2.71. The van der Waals surface area contributed by atoms with Gasteiger partial charge in [0.25, 0.3) is 0 Å². The van der Waals surface area contributed by atoms with Crippen LogP contribution in [0, 0.1) is 17.2 Å². The maximum Gasteiger partial charge on any atom is 0.227 e. The SMILES string of the molecule is C=CC1CC(=O)N(c2ccnc(C#N)c2)C1. The minimum absolute atomic E-state index is 0.0694. The molecule has 1 aliphatic heterocycles. The predicted molar refractivity (Wildman–Crippen MR) is 59.6 cm³/mol. The molecule has 2 heterocycles. The molecule has 0 aliphatic carbocycles. The van der Waals surface area contributed by atoms with Crippen LogP contribution in [0.5, 0.6) is 0 Å². The number of amides is 1. The smallest absolute Gasteiger partial charge is 0.227 e. The Kier molecular flexibility index (Phi) is 2.69. The van der Waals surface area contributed by atoms with Crippen LogP contribution < -0.4 is 4.90 Å². The second-order valence-electron chi connectivity index (χ2n) is 3.72. The highest BCUT2D eigenvalue weighted by molar-refractivity contribution is 5.96. The quantitative estimate of drug-likeness (QED) is 0.699. The maximum absolute atomic E-state index is 11.7. The first-order chi connectivity index (χ1) is 7.74. The highest BCUT2D eigenvalue weighted by Crippen LogP contribution is 2.25. The van der Waals surface area contributed by atoms with Crippen LogP contribution in [-0.4, -0.2) is 17.4 Å². The molecule has 0 saturated carbocycles. The van der Waals surface area contributed by atoms with Crippen molar-refractivity contribution in [3.63, 3.8) is 0 Å². The van der Waals surface area contributed by atoms with E-state index >= 15 is 0 Å². The van der Waals surface area contributed by atoms with Crippen LogP contribution in [0.2, 0.25) is 0 Å². The monoisotopic (exact) mass is 213 g/mol. The van der Waals surface area contributed by atoms with Crippen molar-refractivity contribution in [2.24, 2.45) is 5.92 Å². The third kappa shape index (κ3) is 1.80. The van der Waals surface area contributed by atoms with Gasteiger partial charge < -0.3 is 4.90 Å². The van der Waals surface area contributed by atoms with Crippen LogP contribution in [0.3, 0.4) is 0 Å². The molecule has 1 aliphatic rings. The van der Waals surface area contributed by atoms with Crippen LogP contribution in [0.15, 0.2) is 31.0 Å². The first kappa shape index (κ1) is 10.4. The first-order valence-electron chi connectivity index (χ1n) is 5.03. The van der Waals surface area contributed by atoms with Gasteiger partial charge in [-0.2, -0.15) is 5.26 Å². The van der Waals surface area contributed by atoms with Gasteiger partial charge in [0.15, 0.2) is 0 Å². The van der Waals surface area contributed by atoms with E-state index < -0.39 is 0 Å². The molecular weight excluding hydrogens is 202 g/mol. The lowest BCUT2D eigenvalue weighted by molar-refractivity contribution is -0.117. The van der Waals surface area contributed by atoms with Gasteiger partial charge in [0.05, 0.1) is 0 Å². The van der Waals surface area contributed by atoms with Gasteiger partial charge in [0.2, 0.25) is 5.91 Å². The van der Waals surface area contributed by atoms with Gasteiger partial charge in [-0.05, 0) is 12.1 Å². The topological polar surface area (TPSA) is 57.0 Å². The molecule has 0 bridgehead atoms. The largest absolute Gasteiger partial charge is 0.312 e. The number of aromatic nitrogens is 1. The van der Waals surface area contributed by atoms with E-state index in [1.807, 2.05) is 6.07 Å². The fraction of sp³-hybridized carbons (Fsp3) is 0.250. The molecule has 1 aromatic rings. The fourth-order valence-corrected chi connectivity index (χ4v) is 1.79. The number of pyridine rings is 1. The normalized spacial score (nSPS) is 19.6. The Bertz CT molecular complexity index is 475. The second kappa shape index (κ2) is 4.15. The van der Waals surface area contributed by atoms with Gasteiger partial charge in [-0.15, -0.1) is 6.58 Å². The van der Waals surface area contributed by atoms with Crippen molar-refractivity contribution in [1.82, 2.24) is 4.98 Å². The van der Waals surface area contributed by atoms with Crippen LogP contribution in [0.25, 0.3) is 0 Å². The van der Waals surface area contributed by atoms with Crippen molar-refractivity contribution in [2.75, 3.05) is 11.4 Å². The molecule has 16 heavy (non-hydrogen) atoms. The molecule has 0 N–H and O–H groups in total. The Labute approximate surface area is 93.8 Å². The van der Waals surface area contributed by atoms with Gasteiger partial charge in [0.1, 0.15) is 11.8 Å². The molecule has 1 saturated heterocycles. The van der Waals surface area contributed by atoms with Crippen LogP contribution in [0.1, 0.15) is 12.1 Å². The first-order valence-corrected chi connectivity index (χ1v) is 5.03. The lowest BCUT2D eigenvalue weighted by Gasteiger charge is -2.15. The maximum atomic E-state index is 11.7. The number of hydrogen-bond acceptors (Lipinski definition) is 3. The van der Waals surface area contributed by atoms with E-state index in [0.29, 0.717) is 18.7 Å². The van der Waals surface area contributed by atoms with Gasteiger partial charge >= 0.3 is 0 Å². The fourth-order valence-electron chi connectivity index (χ4n) is 1.79. The Hall–Kier alpha value is -2.15. The summed E-state index contributed by atoms with van der Waals surface area (Å²) >= 11 is 0. The highest BCUT2D eigenvalue weighted by Gasteiger charge is 2.28. The van der Waals surface area contributed by atoms with Gasteiger partial charge in [-0.3, -0.25) is 4.79 Å². The Balaban J connectivity index is 2.28. The molecule has 0 aromatic carbocycles. The standard InChI is InChI=1S/C12H11N3O/c1-2-9-5-12(16)15(8-9)11-3-4-14-10(6-11)7-13/h2-4,6,9H,1,5,8H2. The summed E-state index contributed by atoms with van der Waals surface area (Å²) in [5.74, 6) is 0.270. The molecule has 4 heteroatoms. The summed E-state index contributed by atoms with van der Waals surface area (Å²) < 4.78 is 0. The Morgan fingerprint density at radius 3 is 3.12 bits per heavy atom. The zero-order valence-corrected chi connectivity index (χ0v) is 8.76. The van der Waals surface area contributed by atoms with Crippen LogP contribution in [-0.2, 0) is 4.79 Å². The number of anilines is 1. The molecular formula is C12H11N3O. The highest BCUT2D eigenvalue weighted by atomic mass is 16.2. The lowest BCUT2D eigenvalue weighted by Crippen LogP contribution is -2.24. The number of carbonyl (C=O) groups is 1. The second-order valence-corrected chi connectivity index (χ2v) is 3.72. The van der Waals surface area contributed by atoms with Crippen molar-refractivity contribution in [3.05, 3.63) is 36.7 Å². The van der Waals surface area contributed by atoms with Crippen LogP contribution >= 0.6 is 0 Å². The molecule has 80 valence electrons. The summed E-state index contributed by atoms with van der Waals surface area (Å²) in [6, 6.07) is 5.33. The number of carbonyl (C=O) groups excluding carboxylic acids is 1. The zero-order chi connectivity index (χ0) is 11.5. The molecule has 1 unspecified atom stereocenters. The van der Waals surface area contributed by atoms with E-state index in [-0.39, 0.29) is 11.8 Å². The summed E-state index contributed by atoms with van der Waals surface area (Å²) in [6.07, 6.45) is 3.83. The third-order valence-corrected chi connectivity index (χ3v) is 2.66. The lowest BCUT2D eigenvalue weighted by atomic mass is 10.1. The molecule has 1 aromatic heterocycles. The number of rotatable bonds is 2. The molecule has 1 amide bonds. The number of nitrogens with zero attached hydrogens (tertiary/aromatic N) is 3. The molecule has 1 atom stereocenters. The number of nitriles is 1. The van der Waals surface area contributed by atoms with Gasteiger partial charge in [-0.1, -0.05) is 6.08 Å². The van der Waals surface area contributed by atoms with Crippen molar-refractivity contribution < 1.29 is 4.79 Å². The molecule has 0 radical (unpaired) electrons. The minimum Gasteiger partial charge on any atom is -0.312 e.